The lowest BCUT2D eigenvalue weighted by Crippen LogP contribution is -2.19. The van der Waals surface area contributed by atoms with Crippen LogP contribution in [0.4, 0.5) is 15.2 Å². The van der Waals surface area contributed by atoms with Crippen LogP contribution < -0.4 is 16.2 Å². The first-order valence-corrected chi connectivity index (χ1v) is 6.40. The van der Waals surface area contributed by atoms with Gasteiger partial charge in [-0.05, 0) is 24.1 Å². The second-order valence-corrected chi connectivity index (χ2v) is 5.15. The molecule has 0 bridgehead atoms. The van der Waals surface area contributed by atoms with Crippen LogP contribution in [-0.4, -0.2) is 16.7 Å². The zero-order chi connectivity index (χ0) is 12.5. The number of hydrogen-bond acceptors (Lipinski definition) is 6. The molecule has 0 amide bonds. The largest absolute Gasteiger partial charge is 0.364 e. The third kappa shape index (κ3) is 2.02. The van der Waals surface area contributed by atoms with Gasteiger partial charge in [0.05, 0.1) is 6.54 Å². The number of nitrogens with zero attached hydrogens (tertiary/aromatic N) is 3. The summed E-state index contributed by atoms with van der Waals surface area (Å²) in [7, 11) is 0. The highest BCUT2D eigenvalue weighted by Crippen LogP contribution is 2.30. The third-order valence-corrected chi connectivity index (χ3v) is 3.79. The summed E-state index contributed by atoms with van der Waals surface area (Å²) in [5.41, 5.74) is 4.60. The molecule has 7 heteroatoms. The molecule has 0 aliphatic carbocycles. The SMILES string of the molecule is NNc1nnc(CN2CCc3ccc(F)cc32)s1. The Hall–Kier alpha value is -1.73. The number of hydrogen-bond donors (Lipinski definition) is 2. The molecular formula is C11H12FN5S. The van der Waals surface area contributed by atoms with Crippen LogP contribution in [0.3, 0.4) is 0 Å². The molecular weight excluding hydrogens is 253 g/mol. The minimum absolute atomic E-state index is 0.206. The van der Waals surface area contributed by atoms with Crippen molar-refractivity contribution >= 4 is 22.2 Å². The van der Waals surface area contributed by atoms with Crippen molar-refractivity contribution in [3.63, 3.8) is 0 Å². The van der Waals surface area contributed by atoms with Crippen LogP contribution in [0.5, 0.6) is 0 Å². The van der Waals surface area contributed by atoms with E-state index in [9.17, 15) is 4.39 Å². The lowest BCUT2D eigenvalue weighted by molar-refractivity contribution is 0.627. The average Bonchev–Trinajstić information content (AvgIpc) is 2.97. The highest BCUT2D eigenvalue weighted by Gasteiger charge is 2.20. The molecule has 0 fully saturated rings. The standard InChI is InChI=1S/C11H12FN5S/c12-8-2-1-7-3-4-17(9(7)5-8)6-10-15-16-11(14-13)18-10/h1-2,5H,3-4,6,13H2,(H,14,16). The van der Waals surface area contributed by atoms with E-state index in [-0.39, 0.29) is 5.82 Å². The van der Waals surface area contributed by atoms with Gasteiger partial charge >= 0.3 is 0 Å². The molecule has 0 atom stereocenters. The van der Waals surface area contributed by atoms with Crippen molar-refractivity contribution in [3.8, 4) is 0 Å². The molecule has 0 saturated carbocycles. The Labute approximate surface area is 107 Å². The molecule has 0 spiro atoms. The van der Waals surface area contributed by atoms with E-state index in [4.69, 9.17) is 5.84 Å². The number of rotatable bonds is 3. The lowest BCUT2D eigenvalue weighted by Gasteiger charge is -2.17. The van der Waals surface area contributed by atoms with E-state index in [2.05, 4.69) is 20.5 Å². The van der Waals surface area contributed by atoms with E-state index >= 15 is 0 Å². The molecule has 1 aliphatic rings. The number of nitrogens with one attached hydrogen (secondary N) is 1. The van der Waals surface area contributed by atoms with Crippen molar-refractivity contribution in [1.82, 2.24) is 10.2 Å². The van der Waals surface area contributed by atoms with E-state index < -0.39 is 0 Å². The summed E-state index contributed by atoms with van der Waals surface area (Å²) in [5.74, 6) is 5.06. The summed E-state index contributed by atoms with van der Waals surface area (Å²) in [6.45, 7) is 1.51. The van der Waals surface area contributed by atoms with Crippen molar-refractivity contribution in [2.24, 2.45) is 5.84 Å². The molecule has 2 aromatic rings. The Morgan fingerprint density at radius 2 is 2.33 bits per heavy atom. The fourth-order valence-electron chi connectivity index (χ4n) is 2.12. The van der Waals surface area contributed by atoms with Crippen LogP contribution in [-0.2, 0) is 13.0 Å². The van der Waals surface area contributed by atoms with Gasteiger partial charge in [0, 0.05) is 12.2 Å². The number of nitrogen functional groups attached to an aromatic ring is 1. The minimum atomic E-state index is -0.206. The van der Waals surface area contributed by atoms with E-state index in [1.54, 1.807) is 6.07 Å². The van der Waals surface area contributed by atoms with Gasteiger partial charge in [0.2, 0.25) is 5.13 Å². The molecule has 0 unspecified atom stereocenters. The molecule has 1 aromatic heterocycles. The van der Waals surface area contributed by atoms with Gasteiger partial charge in [-0.1, -0.05) is 17.4 Å². The number of fused-ring (bicyclic) bond motifs is 1. The Morgan fingerprint density at radius 1 is 1.44 bits per heavy atom. The summed E-state index contributed by atoms with van der Waals surface area (Å²) < 4.78 is 13.3. The Morgan fingerprint density at radius 3 is 3.11 bits per heavy atom. The molecule has 18 heavy (non-hydrogen) atoms. The van der Waals surface area contributed by atoms with Gasteiger partial charge in [0.1, 0.15) is 10.8 Å². The molecule has 0 saturated heterocycles. The number of halogens is 1. The fraction of sp³-hybridized carbons (Fsp3) is 0.273. The zero-order valence-corrected chi connectivity index (χ0v) is 10.4. The van der Waals surface area contributed by atoms with E-state index in [0.717, 1.165) is 23.7 Å². The summed E-state index contributed by atoms with van der Waals surface area (Å²) in [4.78, 5) is 2.11. The van der Waals surface area contributed by atoms with Crippen molar-refractivity contribution in [2.45, 2.75) is 13.0 Å². The smallest absolute Gasteiger partial charge is 0.219 e. The van der Waals surface area contributed by atoms with Gasteiger partial charge in [0.15, 0.2) is 0 Å². The van der Waals surface area contributed by atoms with Crippen molar-refractivity contribution in [3.05, 3.63) is 34.6 Å². The first kappa shape index (κ1) is 11.4. The van der Waals surface area contributed by atoms with Gasteiger partial charge in [-0.3, -0.25) is 5.43 Å². The van der Waals surface area contributed by atoms with Gasteiger partial charge in [-0.2, -0.15) is 0 Å². The third-order valence-electron chi connectivity index (χ3n) is 2.96. The maximum Gasteiger partial charge on any atom is 0.219 e. The predicted molar refractivity (Wildman–Crippen MR) is 68.9 cm³/mol. The van der Waals surface area contributed by atoms with Gasteiger partial charge < -0.3 is 4.90 Å². The molecule has 2 heterocycles. The molecule has 0 radical (unpaired) electrons. The molecule has 3 N–H and O–H groups in total. The molecule has 3 rings (SSSR count). The van der Waals surface area contributed by atoms with Gasteiger partial charge in [0.25, 0.3) is 0 Å². The van der Waals surface area contributed by atoms with Gasteiger partial charge in [-0.15, -0.1) is 10.2 Å². The van der Waals surface area contributed by atoms with E-state index in [1.807, 2.05) is 6.07 Å². The Kier molecular flexibility index (Phi) is 2.85. The zero-order valence-electron chi connectivity index (χ0n) is 9.56. The Bertz CT molecular complexity index is 570. The van der Waals surface area contributed by atoms with Gasteiger partial charge in [-0.25, -0.2) is 10.2 Å². The highest BCUT2D eigenvalue weighted by molar-refractivity contribution is 7.15. The summed E-state index contributed by atoms with van der Waals surface area (Å²) >= 11 is 1.40. The number of nitrogens with two attached hydrogens (primary N) is 1. The molecule has 94 valence electrons. The van der Waals surface area contributed by atoms with Crippen LogP contribution in [0.25, 0.3) is 0 Å². The second-order valence-electron chi connectivity index (χ2n) is 4.09. The van der Waals surface area contributed by atoms with Crippen molar-refractivity contribution in [2.75, 3.05) is 16.9 Å². The predicted octanol–water partition coefficient (Wildman–Crippen LogP) is 1.53. The maximum absolute atomic E-state index is 13.3. The molecule has 1 aliphatic heterocycles. The van der Waals surface area contributed by atoms with E-state index in [1.165, 1.54) is 23.0 Å². The monoisotopic (exact) mass is 265 g/mol. The van der Waals surface area contributed by atoms with Crippen molar-refractivity contribution in [1.29, 1.82) is 0 Å². The number of benzene rings is 1. The number of hydrazine groups is 1. The number of anilines is 2. The topological polar surface area (TPSA) is 67.1 Å². The van der Waals surface area contributed by atoms with Crippen molar-refractivity contribution < 1.29 is 4.39 Å². The second kappa shape index (κ2) is 4.51. The summed E-state index contributed by atoms with van der Waals surface area (Å²) in [6.07, 6.45) is 0.941. The summed E-state index contributed by atoms with van der Waals surface area (Å²) in [5, 5.41) is 9.37. The average molecular weight is 265 g/mol. The molecule has 1 aromatic carbocycles. The van der Waals surface area contributed by atoms with Crippen LogP contribution in [0, 0.1) is 5.82 Å². The normalized spacial score (nSPS) is 13.8. The van der Waals surface area contributed by atoms with Crippen LogP contribution >= 0.6 is 11.3 Å². The van der Waals surface area contributed by atoms with E-state index in [0.29, 0.717) is 11.7 Å². The van der Waals surface area contributed by atoms with Crippen LogP contribution in [0.15, 0.2) is 18.2 Å². The quantitative estimate of drug-likeness (QED) is 0.650. The van der Waals surface area contributed by atoms with Crippen LogP contribution in [0.1, 0.15) is 10.6 Å². The first-order valence-electron chi connectivity index (χ1n) is 5.58. The first-order chi connectivity index (χ1) is 8.76. The molecule has 5 nitrogen and oxygen atoms in total. The fourth-order valence-corrected chi connectivity index (χ4v) is 2.79. The minimum Gasteiger partial charge on any atom is -0.364 e. The lowest BCUT2D eigenvalue weighted by atomic mass is 10.2. The highest BCUT2D eigenvalue weighted by atomic mass is 32.1. The van der Waals surface area contributed by atoms with Crippen LogP contribution in [0.2, 0.25) is 0 Å². The number of aromatic nitrogens is 2. The summed E-state index contributed by atoms with van der Waals surface area (Å²) in [6, 6.07) is 4.92. The maximum atomic E-state index is 13.3. The Balaban J connectivity index is 1.81.